The summed E-state index contributed by atoms with van der Waals surface area (Å²) in [7, 11) is 3.66. The van der Waals surface area contributed by atoms with Gasteiger partial charge in [-0.1, -0.05) is 42.5 Å². The molecule has 1 N–H and O–H groups in total. The highest BCUT2D eigenvalue weighted by Gasteiger charge is 2.10. The molecule has 0 spiro atoms. The molecule has 0 saturated carbocycles. The fourth-order valence-corrected chi connectivity index (χ4v) is 1.97. The molecule has 0 radical (unpaired) electrons. The molecule has 2 nitrogen and oxygen atoms in total. The van der Waals surface area contributed by atoms with Crippen LogP contribution >= 0.6 is 0 Å². The van der Waals surface area contributed by atoms with Gasteiger partial charge in [0.25, 0.3) is 0 Å². The predicted octanol–water partition coefficient (Wildman–Crippen LogP) is 3.00. The lowest BCUT2D eigenvalue weighted by Crippen LogP contribution is -2.17. The Morgan fingerprint density at radius 1 is 0.882 bits per heavy atom. The van der Waals surface area contributed by atoms with Crippen molar-refractivity contribution in [2.45, 2.75) is 6.04 Å². The molecular weight excluding hydrogens is 210 g/mol. The van der Waals surface area contributed by atoms with Gasteiger partial charge in [0.1, 0.15) is 5.75 Å². The number of benzene rings is 2. The maximum atomic E-state index is 5.17. The smallest absolute Gasteiger partial charge is 0.118 e. The number of hydrogen-bond donors (Lipinski definition) is 1. The van der Waals surface area contributed by atoms with E-state index in [0.29, 0.717) is 0 Å². The molecule has 0 aliphatic heterocycles. The average molecular weight is 227 g/mol. The molecule has 0 heterocycles. The SMILES string of the molecule is CN[C@H](c1ccccc1)c1ccc(OC)cc1. The first-order valence-corrected chi connectivity index (χ1v) is 5.71. The second kappa shape index (κ2) is 5.51. The van der Waals surface area contributed by atoms with E-state index in [0.717, 1.165) is 5.75 Å². The first-order chi connectivity index (χ1) is 8.35. The lowest BCUT2D eigenvalue weighted by atomic mass is 9.99. The highest BCUT2D eigenvalue weighted by atomic mass is 16.5. The van der Waals surface area contributed by atoms with Crippen LogP contribution in [0.15, 0.2) is 54.6 Å². The molecule has 0 aliphatic carbocycles. The number of nitrogens with one attached hydrogen (secondary N) is 1. The minimum Gasteiger partial charge on any atom is -0.497 e. The van der Waals surface area contributed by atoms with E-state index in [9.17, 15) is 0 Å². The van der Waals surface area contributed by atoms with E-state index in [1.54, 1.807) is 7.11 Å². The molecule has 88 valence electrons. The van der Waals surface area contributed by atoms with Crippen LogP contribution in [0.3, 0.4) is 0 Å². The van der Waals surface area contributed by atoms with Crippen molar-refractivity contribution in [3.05, 3.63) is 65.7 Å². The molecule has 17 heavy (non-hydrogen) atoms. The van der Waals surface area contributed by atoms with Crippen molar-refractivity contribution in [3.63, 3.8) is 0 Å². The van der Waals surface area contributed by atoms with Crippen LogP contribution in [0.2, 0.25) is 0 Å². The van der Waals surface area contributed by atoms with Gasteiger partial charge in [0.2, 0.25) is 0 Å². The summed E-state index contributed by atoms with van der Waals surface area (Å²) in [6.45, 7) is 0. The number of rotatable bonds is 4. The molecule has 2 heteroatoms. The topological polar surface area (TPSA) is 21.3 Å². The van der Waals surface area contributed by atoms with E-state index < -0.39 is 0 Å². The second-order valence-electron chi connectivity index (χ2n) is 3.91. The zero-order valence-corrected chi connectivity index (χ0v) is 10.2. The maximum absolute atomic E-state index is 5.17. The first kappa shape index (κ1) is 11.7. The maximum Gasteiger partial charge on any atom is 0.118 e. The minimum atomic E-state index is 0.224. The van der Waals surface area contributed by atoms with Crippen LogP contribution in [-0.4, -0.2) is 14.2 Å². The molecule has 0 unspecified atom stereocenters. The summed E-state index contributed by atoms with van der Waals surface area (Å²) >= 11 is 0. The molecule has 0 bridgehead atoms. The molecule has 2 aromatic carbocycles. The standard InChI is InChI=1S/C15H17NO/c1-16-15(12-6-4-3-5-7-12)13-8-10-14(17-2)11-9-13/h3-11,15-16H,1-2H3/t15-/m1/s1. The van der Waals surface area contributed by atoms with E-state index in [-0.39, 0.29) is 6.04 Å². The Hall–Kier alpha value is -1.80. The van der Waals surface area contributed by atoms with E-state index >= 15 is 0 Å². The normalized spacial score (nSPS) is 12.1. The monoisotopic (exact) mass is 227 g/mol. The molecular formula is C15H17NO. The lowest BCUT2D eigenvalue weighted by molar-refractivity contribution is 0.414. The van der Waals surface area contributed by atoms with Crippen molar-refractivity contribution in [1.82, 2.24) is 5.32 Å². The molecule has 0 amide bonds. The summed E-state index contributed by atoms with van der Waals surface area (Å²) in [5.41, 5.74) is 2.50. The summed E-state index contributed by atoms with van der Waals surface area (Å²) in [6.07, 6.45) is 0. The zero-order valence-electron chi connectivity index (χ0n) is 10.2. The Balaban J connectivity index is 2.29. The van der Waals surface area contributed by atoms with Crippen molar-refractivity contribution >= 4 is 0 Å². The molecule has 2 rings (SSSR count). The summed E-state index contributed by atoms with van der Waals surface area (Å²) < 4.78 is 5.17. The summed E-state index contributed by atoms with van der Waals surface area (Å²) in [4.78, 5) is 0. The van der Waals surface area contributed by atoms with Gasteiger partial charge in [-0.05, 0) is 30.3 Å². The van der Waals surface area contributed by atoms with Gasteiger partial charge >= 0.3 is 0 Å². The molecule has 1 atom stereocenters. The molecule has 2 aromatic rings. The van der Waals surface area contributed by atoms with Gasteiger partial charge in [-0.25, -0.2) is 0 Å². The summed E-state index contributed by atoms with van der Waals surface area (Å²) in [6, 6.07) is 18.8. The third-order valence-corrected chi connectivity index (χ3v) is 2.87. The van der Waals surface area contributed by atoms with Gasteiger partial charge in [0.05, 0.1) is 13.2 Å². The Morgan fingerprint density at radius 2 is 1.47 bits per heavy atom. The molecule has 0 aliphatic rings. The fourth-order valence-electron chi connectivity index (χ4n) is 1.97. The zero-order chi connectivity index (χ0) is 12.1. The second-order valence-corrected chi connectivity index (χ2v) is 3.91. The van der Waals surface area contributed by atoms with E-state index in [1.165, 1.54) is 11.1 Å². The van der Waals surface area contributed by atoms with Gasteiger partial charge in [-0.3, -0.25) is 0 Å². The van der Waals surface area contributed by atoms with Gasteiger partial charge in [-0.15, -0.1) is 0 Å². The van der Waals surface area contributed by atoms with Crippen molar-refractivity contribution in [2.24, 2.45) is 0 Å². The van der Waals surface area contributed by atoms with Crippen LogP contribution in [0.1, 0.15) is 17.2 Å². The summed E-state index contributed by atoms with van der Waals surface area (Å²) in [5, 5.41) is 3.33. The lowest BCUT2D eigenvalue weighted by Gasteiger charge is -2.17. The first-order valence-electron chi connectivity index (χ1n) is 5.71. The van der Waals surface area contributed by atoms with Crippen molar-refractivity contribution < 1.29 is 4.74 Å². The van der Waals surface area contributed by atoms with Crippen molar-refractivity contribution in [2.75, 3.05) is 14.2 Å². The van der Waals surface area contributed by atoms with E-state index in [2.05, 4.69) is 41.7 Å². The van der Waals surface area contributed by atoms with Gasteiger partial charge in [-0.2, -0.15) is 0 Å². The Kier molecular flexibility index (Phi) is 3.78. The minimum absolute atomic E-state index is 0.224. The van der Waals surface area contributed by atoms with Crippen molar-refractivity contribution in [3.8, 4) is 5.75 Å². The number of ether oxygens (including phenoxy) is 1. The van der Waals surface area contributed by atoms with Crippen LogP contribution < -0.4 is 10.1 Å². The quantitative estimate of drug-likeness (QED) is 0.867. The molecule has 0 fully saturated rings. The van der Waals surface area contributed by atoms with E-state index in [4.69, 9.17) is 4.74 Å². The van der Waals surface area contributed by atoms with Crippen LogP contribution in [0.4, 0.5) is 0 Å². The van der Waals surface area contributed by atoms with Crippen LogP contribution in [0.5, 0.6) is 5.75 Å². The van der Waals surface area contributed by atoms with E-state index in [1.807, 2.05) is 25.2 Å². The van der Waals surface area contributed by atoms with Gasteiger partial charge in [0, 0.05) is 0 Å². The van der Waals surface area contributed by atoms with Gasteiger partial charge in [0.15, 0.2) is 0 Å². The third-order valence-electron chi connectivity index (χ3n) is 2.87. The fraction of sp³-hybridized carbons (Fsp3) is 0.200. The Morgan fingerprint density at radius 3 is 2.00 bits per heavy atom. The van der Waals surface area contributed by atoms with Gasteiger partial charge < -0.3 is 10.1 Å². The van der Waals surface area contributed by atoms with Crippen LogP contribution in [-0.2, 0) is 0 Å². The van der Waals surface area contributed by atoms with Crippen molar-refractivity contribution in [1.29, 1.82) is 0 Å². The number of methoxy groups -OCH3 is 1. The number of hydrogen-bond acceptors (Lipinski definition) is 2. The summed E-state index contributed by atoms with van der Waals surface area (Å²) in [5.74, 6) is 0.886. The highest BCUT2D eigenvalue weighted by Crippen LogP contribution is 2.23. The average Bonchev–Trinajstić information content (AvgIpc) is 2.42. The van der Waals surface area contributed by atoms with Crippen LogP contribution in [0, 0.1) is 0 Å². The predicted molar refractivity (Wildman–Crippen MR) is 70.3 cm³/mol. The Labute approximate surface area is 102 Å². The highest BCUT2D eigenvalue weighted by molar-refractivity contribution is 5.35. The Bertz CT molecular complexity index is 450. The molecule has 0 aromatic heterocycles. The van der Waals surface area contributed by atoms with Crippen LogP contribution in [0.25, 0.3) is 0 Å². The largest absolute Gasteiger partial charge is 0.497 e. The third kappa shape index (κ3) is 2.66. The molecule has 0 saturated heterocycles.